The summed E-state index contributed by atoms with van der Waals surface area (Å²) in [6, 6.07) is 23.5. The predicted molar refractivity (Wildman–Crippen MR) is 118 cm³/mol. The molecule has 0 atom stereocenters. The molecule has 4 aromatic rings. The summed E-state index contributed by atoms with van der Waals surface area (Å²) in [6.45, 7) is 4.14. The monoisotopic (exact) mass is 382 g/mol. The molecule has 29 heavy (non-hydrogen) atoms. The van der Waals surface area contributed by atoms with Crippen molar-refractivity contribution in [3.8, 4) is 0 Å². The molecule has 0 radical (unpaired) electrons. The topological polar surface area (TPSA) is 66.9 Å². The summed E-state index contributed by atoms with van der Waals surface area (Å²) < 4.78 is 0. The van der Waals surface area contributed by atoms with Crippen LogP contribution in [0.4, 0.5) is 17.2 Å². The van der Waals surface area contributed by atoms with E-state index in [1.807, 2.05) is 79.7 Å². The first-order valence-electron chi connectivity index (χ1n) is 9.63. The summed E-state index contributed by atoms with van der Waals surface area (Å²) in [4.78, 5) is 21.8. The highest BCUT2D eigenvalue weighted by atomic mass is 16.2. The van der Waals surface area contributed by atoms with E-state index >= 15 is 0 Å². The van der Waals surface area contributed by atoms with E-state index in [1.54, 1.807) is 0 Å². The Morgan fingerprint density at radius 2 is 1.55 bits per heavy atom. The molecule has 5 heteroatoms. The molecular formula is C24H22N4O. The van der Waals surface area contributed by atoms with Gasteiger partial charge in [0.1, 0.15) is 5.82 Å². The smallest absolute Gasteiger partial charge is 0.293 e. The third kappa shape index (κ3) is 4.24. The van der Waals surface area contributed by atoms with E-state index in [4.69, 9.17) is 0 Å². The van der Waals surface area contributed by atoms with Gasteiger partial charge in [-0.3, -0.25) is 4.79 Å². The number of carbonyl (C=O) groups is 1. The van der Waals surface area contributed by atoms with Gasteiger partial charge in [0, 0.05) is 16.8 Å². The maximum Gasteiger partial charge on any atom is 0.293 e. The molecule has 0 unspecified atom stereocenters. The van der Waals surface area contributed by atoms with Gasteiger partial charge >= 0.3 is 0 Å². The van der Waals surface area contributed by atoms with E-state index in [-0.39, 0.29) is 11.7 Å². The lowest BCUT2D eigenvalue weighted by Gasteiger charge is -2.11. The predicted octanol–water partition coefficient (Wildman–Crippen LogP) is 5.50. The van der Waals surface area contributed by atoms with Crippen molar-refractivity contribution in [2.24, 2.45) is 0 Å². The molecule has 0 fully saturated rings. The fraction of sp³-hybridized carbons (Fsp3) is 0.125. The van der Waals surface area contributed by atoms with Crippen LogP contribution in [0.1, 0.15) is 28.7 Å². The number of hydrogen-bond acceptors (Lipinski definition) is 4. The molecule has 0 aliphatic heterocycles. The summed E-state index contributed by atoms with van der Waals surface area (Å²) in [6.07, 6.45) is 0.954. The number of amides is 1. The lowest BCUT2D eigenvalue weighted by Crippen LogP contribution is -2.16. The molecule has 0 saturated heterocycles. The number of nitrogens with zero attached hydrogens (tertiary/aromatic N) is 2. The van der Waals surface area contributed by atoms with Gasteiger partial charge in [-0.25, -0.2) is 9.97 Å². The largest absolute Gasteiger partial charge is 0.340 e. The number of rotatable bonds is 5. The molecule has 3 aromatic carbocycles. The number of nitrogens with one attached hydrogen (secondary N) is 2. The second-order valence-electron chi connectivity index (χ2n) is 6.91. The number of fused-ring (bicyclic) bond motifs is 1. The van der Waals surface area contributed by atoms with Gasteiger partial charge in [0.25, 0.3) is 5.91 Å². The van der Waals surface area contributed by atoms with Gasteiger partial charge in [-0.1, -0.05) is 48.9 Å². The number of para-hydroxylation sites is 1. The van der Waals surface area contributed by atoms with E-state index in [0.29, 0.717) is 11.3 Å². The Hall–Kier alpha value is -3.73. The number of aryl methyl sites for hydroxylation is 2. The number of anilines is 3. The third-order valence-corrected chi connectivity index (χ3v) is 4.74. The number of carbonyl (C=O) groups excluding carboxylic acids is 1. The first kappa shape index (κ1) is 18.6. The van der Waals surface area contributed by atoms with Gasteiger partial charge in [-0.05, 0) is 55.3 Å². The van der Waals surface area contributed by atoms with Crippen LogP contribution in [0.5, 0.6) is 0 Å². The summed E-state index contributed by atoms with van der Waals surface area (Å²) in [5, 5.41) is 7.06. The Morgan fingerprint density at radius 3 is 2.28 bits per heavy atom. The quantitative estimate of drug-likeness (QED) is 0.478. The van der Waals surface area contributed by atoms with Crippen molar-refractivity contribution in [1.82, 2.24) is 9.97 Å². The lowest BCUT2D eigenvalue weighted by atomic mass is 10.1. The van der Waals surface area contributed by atoms with Crippen LogP contribution in [-0.4, -0.2) is 15.9 Å². The van der Waals surface area contributed by atoms with E-state index < -0.39 is 0 Å². The van der Waals surface area contributed by atoms with Crippen LogP contribution >= 0.6 is 0 Å². The molecule has 144 valence electrons. The number of aromatic nitrogens is 2. The van der Waals surface area contributed by atoms with Crippen molar-refractivity contribution in [3.63, 3.8) is 0 Å². The van der Waals surface area contributed by atoms with Crippen LogP contribution in [0.15, 0.2) is 72.8 Å². The zero-order valence-electron chi connectivity index (χ0n) is 16.4. The maximum absolute atomic E-state index is 12.8. The fourth-order valence-electron chi connectivity index (χ4n) is 3.06. The zero-order valence-corrected chi connectivity index (χ0v) is 16.4. The second kappa shape index (κ2) is 8.10. The van der Waals surface area contributed by atoms with Crippen molar-refractivity contribution in [2.75, 3.05) is 10.6 Å². The summed E-state index contributed by atoms with van der Waals surface area (Å²) in [5.41, 5.74) is 4.73. The highest BCUT2D eigenvalue weighted by Gasteiger charge is 2.14. The van der Waals surface area contributed by atoms with E-state index in [2.05, 4.69) is 27.5 Å². The van der Waals surface area contributed by atoms with E-state index in [0.717, 1.165) is 23.2 Å². The molecule has 0 saturated carbocycles. The molecule has 0 bridgehead atoms. The molecule has 0 aliphatic carbocycles. The summed E-state index contributed by atoms with van der Waals surface area (Å²) >= 11 is 0. The molecule has 1 amide bonds. The highest BCUT2D eigenvalue weighted by Crippen LogP contribution is 2.24. The Balaban J connectivity index is 1.66. The normalized spacial score (nSPS) is 10.7. The van der Waals surface area contributed by atoms with Crippen molar-refractivity contribution < 1.29 is 4.79 Å². The molecule has 4 rings (SSSR count). The minimum absolute atomic E-state index is 0.123. The highest BCUT2D eigenvalue weighted by molar-refractivity contribution is 6.04. The van der Waals surface area contributed by atoms with E-state index in [1.165, 1.54) is 11.1 Å². The average Bonchev–Trinajstić information content (AvgIpc) is 2.75. The Bertz CT molecular complexity index is 1150. The number of hydrogen-bond donors (Lipinski definition) is 2. The van der Waals surface area contributed by atoms with Crippen LogP contribution in [0.2, 0.25) is 0 Å². The number of benzene rings is 3. The van der Waals surface area contributed by atoms with Crippen molar-refractivity contribution >= 4 is 34.0 Å². The van der Waals surface area contributed by atoms with Crippen molar-refractivity contribution in [1.29, 1.82) is 0 Å². The standard InChI is InChI=1S/C24H22N4O/c1-3-17-10-14-19(15-11-17)26-24(29)23-27-21-7-5-4-6-20(21)22(28-23)25-18-12-8-16(2)9-13-18/h4-15H,3H2,1-2H3,(H,26,29)(H,25,27,28). The second-order valence-corrected chi connectivity index (χ2v) is 6.91. The maximum atomic E-state index is 12.8. The minimum atomic E-state index is -0.341. The van der Waals surface area contributed by atoms with Crippen LogP contribution in [-0.2, 0) is 6.42 Å². The van der Waals surface area contributed by atoms with Gasteiger partial charge < -0.3 is 10.6 Å². The van der Waals surface area contributed by atoms with E-state index in [9.17, 15) is 4.79 Å². The Labute approximate surface area is 169 Å². The first-order chi connectivity index (χ1) is 14.1. The molecule has 5 nitrogen and oxygen atoms in total. The Kier molecular flexibility index (Phi) is 5.20. The van der Waals surface area contributed by atoms with Gasteiger partial charge in [-0.15, -0.1) is 0 Å². The van der Waals surface area contributed by atoms with Crippen LogP contribution in [0, 0.1) is 6.92 Å². The molecule has 1 heterocycles. The molecule has 1 aromatic heterocycles. The molecular weight excluding hydrogens is 360 g/mol. The Morgan fingerprint density at radius 1 is 0.862 bits per heavy atom. The zero-order chi connectivity index (χ0) is 20.2. The van der Waals surface area contributed by atoms with Gasteiger partial charge in [-0.2, -0.15) is 0 Å². The minimum Gasteiger partial charge on any atom is -0.340 e. The SMILES string of the molecule is CCc1ccc(NC(=O)c2nc(Nc3ccc(C)cc3)c3ccccc3n2)cc1. The van der Waals surface area contributed by atoms with Crippen LogP contribution in [0.25, 0.3) is 10.9 Å². The lowest BCUT2D eigenvalue weighted by molar-refractivity contribution is 0.101. The van der Waals surface area contributed by atoms with Gasteiger partial charge in [0.2, 0.25) is 5.82 Å². The van der Waals surface area contributed by atoms with Crippen molar-refractivity contribution in [3.05, 3.63) is 89.7 Å². The molecule has 0 aliphatic rings. The molecule has 2 N–H and O–H groups in total. The van der Waals surface area contributed by atoms with Gasteiger partial charge in [0.05, 0.1) is 5.52 Å². The third-order valence-electron chi connectivity index (χ3n) is 4.74. The fourth-order valence-corrected chi connectivity index (χ4v) is 3.06. The van der Waals surface area contributed by atoms with Crippen molar-refractivity contribution in [2.45, 2.75) is 20.3 Å². The summed E-state index contributed by atoms with van der Waals surface area (Å²) in [7, 11) is 0. The van der Waals surface area contributed by atoms with Gasteiger partial charge in [0.15, 0.2) is 0 Å². The molecule has 0 spiro atoms. The summed E-state index contributed by atoms with van der Waals surface area (Å²) in [5.74, 6) is 0.385. The van der Waals surface area contributed by atoms with Crippen LogP contribution < -0.4 is 10.6 Å². The first-order valence-corrected chi connectivity index (χ1v) is 9.63. The van der Waals surface area contributed by atoms with Crippen LogP contribution in [0.3, 0.4) is 0 Å². The average molecular weight is 382 g/mol.